The molecule has 1 rings (SSSR count). The van der Waals surface area contributed by atoms with Gasteiger partial charge in [0.1, 0.15) is 5.75 Å². The molecule has 0 radical (unpaired) electrons. The van der Waals surface area contributed by atoms with E-state index in [0.717, 1.165) is 16.7 Å². The van der Waals surface area contributed by atoms with Crippen LogP contribution in [0.5, 0.6) is 5.75 Å². The Morgan fingerprint density at radius 1 is 1.07 bits per heavy atom. The summed E-state index contributed by atoms with van der Waals surface area (Å²) in [6.07, 6.45) is 0. The molecule has 0 unspecified atom stereocenters. The maximum Gasteiger partial charge on any atom is 0.124 e. The standard InChI is InChI=1S/C12H18O2/c1-7-6-10(12(4,5)14)11(13)9(3)8(7)2/h6,13-14H,1-5H3. The minimum Gasteiger partial charge on any atom is -0.507 e. The van der Waals surface area contributed by atoms with Gasteiger partial charge in [0.05, 0.1) is 5.60 Å². The predicted molar refractivity (Wildman–Crippen MR) is 57.6 cm³/mol. The van der Waals surface area contributed by atoms with Crippen molar-refractivity contribution in [1.29, 1.82) is 0 Å². The highest BCUT2D eigenvalue weighted by atomic mass is 16.3. The van der Waals surface area contributed by atoms with Crippen LogP contribution in [0.4, 0.5) is 0 Å². The van der Waals surface area contributed by atoms with Gasteiger partial charge >= 0.3 is 0 Å². The maximum absolute atomic E-state index is 9.88. The summed E-state index contributed by atoms with van der Waals surface area (Å²) in [4.78, 5) is 0. The third-order valence-electron chi connectivity index (χ3n) is 2.78. The Hall–Kier alpha value is -1.02. The van der Waals surface area contributed by atoms with E-state index in [2.05, 4.69) is 0 Å². The fraction of sp³-hybridized carbons (Fsp3) is 0.500. The van der Waals surface area contributed by atoms with Gasteiger partial charge in [-0.15, -0.1) is 0 Å². The molecule has 0 amide bonds. The molecule has 1 aromatic carbocycles. The lowest BCUT2D eigenvalue weighted by Gasteiger charge is -2.22. The topological polar surface area (TPSA) is 40.5 Å². The molecule has 0 saturated heterocycles. The third-order valence-corrected chi connectivity index (χ3v) is 2.78. The maximum atomic E-state index is 9.88. The van der Waals surface area contributed by atoms with E-state index in [1.165, 1.54) is 0 Å². The zero-order chi connectivity index (χ0) is 11.1. The molecule has 2 N–H and O–H groups in total. The van der Waals surface area contributed by atoms with Crippen molar-refractivity contribution < 1.29 is 10.2 Å². The van der Waals surface area contributed by atoms with Gasteiger partial charge in [-0.2, -0.15) is 0 Å². The average molecular weight is 194 g/mol. The van der Waals surface area contributed by atoms with Gasteiger partial charge in [-0.1, -0.05) is 0 Å². The van der Waals surface area contributed by atoms with Gasteiger partial charge in [0.15, 0.2) is 0 Å². The van der Waals surface area contributed by atoms with Crippen LogP contribution in [-0.4, -0.2) is 10.2 Å². The van der Waals surface area contributed by atoms with E-state index in [-0.39, 0.29) is 5.75 Å². The fourth-order valence-corrected chi connectivity index (χ4v) is 1.53. The van der Waals surface area contributed by atoms with Crippen LogP contribution in [0.3, 0.4) is 0 Å². The van der Waals surface area contributed by atoms with E-state index < -0.39 is 5.60 Å². The number of phenols is 1. The van der Waals surface area contributed by atoms with Gasteiger partial charge in [-0.05, 0) is 57.4 Å². The molecule has 1 aromatic rings. The Kier molecular flexibility index (Phi) is 2.59. The second-order valence-corrected chi connectivity index (χ2v) is 4.40. The highest BCUT2D eigenvalue weighted by Gasteiger charge is 2.22. The fourth-order valence-electron chi connectivity index (χ4n) is 1.53. The summed E-state index contributed by atoms with van der Waals surface area (Å²) >= 11 is 0. The summed E-state index contributed by atoms with van der Waals surface area (Å²) < 4.78 is 0. The first-order valence-electron chi connectivity index (χ1n) is 4.77. The van der Waals surface area contributed by atoms with E-state index in [9.17, 15) is 10.2 Å². The quantitative estimate of drug-likeness (QED) is 0.721. The molecule has 2 nitrogen and oxygen atoms in total. The Balaban J connectivity index is 3.49. The van der Waals surface area contributed by atoms with Crippen LogP contribution in [0, 0.1) is 20.8 Å². The summed E-state index contributed by atoms with van der Waals surface area (Å²) in [5.41, 5.74) is 2.63. The van der Waals surface area contributed by atoms with E-state index in [4.69, 9.17) is 0 Å². The second-order valence-electron chi connectivity index (χ2n) is 4.40. The van der Waals surface area contributed by atoms with Gasteiger partial charge in [0.2, 0.25) is 0 Å². The summed E-state index contributed by atoms with van der Waals surface area (Å²) in [6, 6.07) is 1.84. The van der Waals surface area contributed by atoms with E-state index in [1.807, 2.05) is 26.8 Å². The van der Waals surface area contributed by atoms with Crippen LogP contribution in [0.25, 0.3) is 0 Å². The highest BCUT2D eigenvalue weighted by Crippen LogP contribution is 2.34. The Morgan fingerprint density at radius 3 is 2.00 bits per heavy atom. The van der Waals surface area contributed by atoms with Gasteiger partial charge in [0, 0.05) is 5.56 Å². The predicted octanol–water partition coefficient (Wildman–Crippen LogP) is 2.54. The van der Waals surface area contributed by atoms with Crippen molar-refractivity contribution in [3.8, 4) is 5.75 Å². The summed E-state index contributed by atoms with van der Waals surface area (Å²) in [5.74, 6) is 0.209. The number of aromatic hydroxyl groups is 1. The Morgan fingerprint density at radius 2 is 1.57 bits per heavy atom. The summed E-state index contributed by atoms with van der Waals surface area (Å²) in [7, 11) is 0. The molecule has 0 aliphatic heterocycles. The molecule has 2 heteroatoms. The van der Waals surface area contributed by atoms with Gasteiger partial charge in [-0.3, -0.25) is 0 Å². The van der Waals surface area contributed by atoms with E-state index in [0.29, 0.717) is 5.56 Å². The molecule has 0 atom stereocenters. The second kappa shape index (κ2) is 3.28. The monoisotopic (exact) mass is 194 g/mol. The number of phenolic OH excluding ortho intramolecular Hbond substituents is 1. The molecule has 14 heavy (non-hydrogen) atoms. The van der Waals surface area contributed by atoms with Crippen molar-refractivity contribution in [2.45, 2.75) is 40.2 Å². The SMILES string of the molecule is Cc1cc(C(C)(C)O)c(O)c(C)c1C. The molecule has 0 bridgehead atoms. The van der Waals surface area contributed by atoms with Crippen LogP contribution in [0.2, 0.25) is 0 Å². The van der Waals surface area contributed by atoms with Crippen LogP contribution < -0.4 is 0 Å². The van der Waals surface area contributed by atoms with Crippen LogP contribution in [0.15, 0.2) is 6.07 Å². The number of benzene rings is 1. The van der Waals surface area contributed by atoms with Crippen molar-refractivity contribution in [2.75, 3.05) is 0 Å². The zero-order valence-corrected chi connectivity index (χ0v) is 9.47. The molecule has 0 spiro atoms. The average Bonchev–Trinajstić information content (AvgIpc) is 2.06. The van der Waals surface area contributed by atoms with E-state index >= 15 is 0 Å². The van der Waals surface area contributed by atoms with Crippen molar-refractivity contribution in [2.24, 2.45) is 0 Å². The zero-order valence-electron chi connectivity index (χ0n) is 9.47. The van der Waals surface area contributed by atoms with E-state index in [1.54, 1.807) is 13.8 Å². The lowest BCUT2D eigenvalue weighted by atomic mass is 9.90. The Labute approximate surface area is 85.2 Å². The largest absolute Gasteiger partial charge is 0.507 e. The number of hydrogen-bond acceptors (Lipinski definition) is 2. The van der Waals surface area contributed by atoms with Gasteiger partial charge in [-0.25, -0.2) is 0 Å². The first-order valence-corrected chi connectivity index (χ1v) is 4.77. The first-order chi connectivity index (χ1) is 6.25. The van der Waals surface area contributed by atoms with Crippen molar-refractivity contribution >= 4 is 0 Å². The van der Waals surface area contributed by atoms with Crippen LogP contribution >= 0.6 is 0 Å². The van der Waals surface area contributed by atoms with Gasteiger partial charge < -0.3 is 10.2 Å². The summed E-state index contributed by atoms with van der Waals surface area (Å²) in [5, 5.41) is 19.7. The minimum atomic E-state index is -0.993. The molecule has 0 aromatic heterocycles. The normalized spacial score (nSPS) is 11.9. The number of aryl methyl sites for hydroxylation is 1. The Bertz CT molecular complexity index is 360. The lowest BCUT2D eigenvalue weighted by Crippen LogP contribution is -2.16. The molecular weight excluding hydrogens is 176 g/mol. The molecule has 0 fully saturated rings. The summed E-state index contributed by atoms with van der Waals surface area (Å²) in [6.45, 7) is 9.18. The minimum absolute atomic E-state index is 0.209. The number of rotatable bonds is 1. The first kappa shape index (κ1) is 11.1. The molecule has 0 aliphatic rings. The van der Waals surface area contributed by atoms with Crippen LogP contribution in [0.1, 0.15) is 36.1 Å². The highest BCUT2D eigenvalue weighted by molar-refractivity contribution is 5.50. The third kappa shape index (κ3) is 1.75. The number of aliphatic hydroxyl groups is 1. The van der Waals surface area contributed by atoms with Gasteiger partial charge in [0.25, 0.3) is 0 Å². The molecule has 0 saturated carbocycles. The number of hydrogen-bond donors (Lipinski definition) is 2. The molecule has 0 aliphatic carbocycles. The lowest BCUT2D eigenvalue weighted by molar-refractivity contribution is 0.0756. The van der Waals surface area contributed by atoms with Crippen molar-refractivity contribution in [1.82, 2.24) is 0 Å². The smallest absolute Gasteiger partial charge is 0.124 e. The van der Waals surface area contributed by atoms with Crippen molar-refractivity contribution in [3.05, 3.63) is 28.3 Å². The molecule has 0 heterocycles. The van der Waals surface area contributed by atoms with Crippen LogP contribution in [-0.2, 0) is 5.60 Å². The molecule has 78 valence electrons. The van der Waals surface area contributed by atoms with Crippen molar-refractivity contribution in [3.63, 3.8) is 0 Å². The molecular formula is C12H18O2.